The summed E-state index contributed by atoms with van der Waals surface area (Å²) in [6.07, 6.45) is 0. The number of nitrogens with one attached hydrogen (secondary N) is 1. The molecule has 0 saturated heterocycles. The molecule has 3 rings (SSSR count). The topological polar surface area (TPSA) is 67.2 Å². The van der Waals surface area contributed by atoms with Gasteiger partial charge in [0.15, 0.2) is 0 Å². The summed E-state index contributed by atoms with van der Waals surface area (Å²) in [5, 5.41) is 3.56. The van der Waals surface area contributed by atoms with Crippen LogP contribution in [0, 0.1) is 0 Å². The quantitative estimate of drug-likeness (QED) is 0.572. The average Bonchev–Trinajstić information content (AvgIpc) is 3.06. The van der Waals surface area contributed by atoms with Gasteiger partial charge in [-0.25, -0.2) is 4.98 Å². The van der Waals surface area contributed by atoms with Gasteiger partial charge in [-0.1, -0.05) is 23.7 Å². The summed E-state index contributed by atoms with van der Waals surface area (Å²) >= 11 is 5.92. The normalized spacial score (nSPS) is 12.4. The van der Waals surface area contributed by atoms with E-state index in [0.717, 1.165) is 11.0 Å². The van der Waals surface area contributed by atoms with E-state index in [0.29, 0.717) is 16.4 Å². The van der Waals surface area contributed by atoms with Crippen molar-refractivity contribution in [3.05, 3.63) is 64.9 Å². The fourth-order valence-corrected chi connectivity index (χ4v) is 4.05. The van der Waals surface area contributed by atoms with E-state index in [-0.39, 0.29) is 30.4 Å². The Bertz CT molecular complexity index is 1060. The molecule has 1 aromatic heterocycles. The highest BCUT2D eigenvalue weighted by molar-refractivity contribution is 6.30. The van der Waals surface area contributed by atoms with Crippen LogP contribution in [0.4, 0.5) is 0 Å². The molecule has 1 atom stereocenters. The third-order valence-corrected chi connectivity index (χ3v) is 5.47. The number of hydrogen-bond donors (Lipinski definition) is 1. The molecule has 0 spiro atoms. The van der Waals surface area contributed by atoms with Gasteiger partial charge in [0.25, 0.3) is 5.91 Å². The molecule has 7 heteroatoms. The van der Waals surface area contributed by atoms with E-state index in [2.05, 4.69) is 5.32 Å². The van der Waals surface area contributed by atoms with E-state index in [1.54, 1.807) is 24.3 Å². The molecule has 0 bridgehead atoms. The van der Waals surface area contributed by atoms with Crippen LogP contribution in [0.3, 0.4) is 0 Å². The number of amides is 2. The van der Waals surface area contributed by atoms with Crippen molar-refractivity contribution < 1.29 is 9.59 Å². The van der Waals surface area contributed by atoms with Crippen molar-refractivity contribution in [2.45, 2.75) is 59.3 Å². The Morgan fingerprint density at radius 3 is 2.23 bits per heavy atom. The first-order chi connectivity index (χ1) is 14.7. The lowest BCUT2D eigenvalue weighted by molar-refractivity contribution is -0.135. The second-order valence-electron chi connectivity index (χ2n) is 8.24. The van der Waals surface area contributed by atoms with Gasteiger partial charge in [0.05, 0.1) is 17.1 Å². The number of imidazole rings is 1. The number of para-hydroxylation sites is 2. The van der Waals surface area contributed by atoms with Crippen LogP contribution in [-0.2, 0) is 11.3 Å². The van der Waals surface area contributed by atoms with Gasteiger partial charge in [-0.2, -0.15) is 0 Å². The molecule has 3 aromatic rings. The molecule has 0 aliphatic rings. The van der Waals surface area contributed by atoms with E-state index in [1.165, 1.54) is 0 Å². The van der Waals surface area contributed by atoms with Crippen molar-refractivity contribution in [2.24, 2.45) is 0 Å². The molecule has 1 N–H and O–H groups in total. The molecule has 0 fully saturated rings. The molecule has 0 aliphatic carbocycles. The van der Waals surface area contributed by atoms with Crippen LogP contribution in [-0.4, -0.2) is 38.3 Å². The molecule has 0 aliphatic heterocycles. The Morgan fingerprint density at radius 1 is 1.00 bits per heavy atom. The van der Waals surface area contributed by atoms with Crippen LogP contribution in [0.2, 0.25) is 5.02 Å². The summed E-state index contributed by atoms with van der Waals surface area (Å²) < 4.78 is 1.90. The standard InChI is InChI=1S/C24H29ClN4O2/c1-15(2)29(16(3)4)22(30)14-28-21-9-7-6-8-20(21)27-23(28)17(5)26-24(31)18-10-12-19(25)13-11-18/h6-13,15-17H,14H2,1-5H3,(H,26,31). The van der Waals surface area contributed by atoms with E-state index in [1.807, 2.05) is 68.4 Å². The zero-order valence-electron chi connectivity index (χ0n) is 18.6. The first kappa shape index (κ1) is 22.8. The van der Waals surface area contributed by atoms with Crippen molar-refractivity contribution in [1.82, 2.24) is 19.8 Å². The molecule has 1 heterocycles. The molecule has 0 radical (unpaired) electrons. The van der Waals surface area contributed by atoms with Crippen LogP contribution in [0.15, 0.2) is 48.5 Å². The monoisotopic (exact) mass is 440 g/mol. The SMILES string of the molecule is CC(NC(=O)c1ccc(Cl)cc1)c1nc2ccccc2n1CC(=O)N(C(C)C)C(C)C. The van der Waals surface area contributed by atoms with Crippen molar-refractivity contribution in [3.63, 3.8) is 0 Å². The molecule has 0 saturated carbocycles. The van der Waals surface area contributed by atoms with E-state index in [4.69, 9.17) is 16.6 Å². The van der Waals surface area contributed by atoms with Gasteiger partial charge in [-0.05, 0) is 71.0 Å². The first-order valence-electron chi connectivity index (χ1n) is 10.5. The van der Waals surface area contributed by atoms with Gasteiger partial charge in [-0.15, -0.1) is 0 Å². The number of benzene rings is 2. The predicted octanol–water partition coefficient (Wildman–Crippen LogP) is 4.83. The number of nitrogens with zero attached hydrogens (tertiary/aromatic N) is 3. The number of hydrogen-bond acceptors (Lipinski definition) is 3. The van der Waals surface area contributed by atoms with Crippen molar-refractivity contribution >= 4 is 34.4 Å². The Morgan fingerprint density at radius 2 is 1.61 bits per heavy atom. The highest BCUT2D eigenvalue weighted by Gasteiger charge is 2.25. The summed E-state index contributed by atoms with van der Waals surface area (Å²) in [6.45, 7) is 10.1. The molecule has 2 aromatic carbocycles. The summed E-state index contributed by atoms with van der Waals surface area (Å²) in [7, 11) is 0. The summed E-state index contributed by atoms with van der Waals surface area (Å²) in [5.74, 6) is 0.440. The largest absolute Gasteiger partial charge is 0.342 e. The maximum atomic E-state index is 13.2. The minimum atomic E-state index is -0.394. The van der Waals surface area contributed by atoms with Crippen molar-refractivity contribution in [3.8, 4) is 0 Å². The van der Waals surface area contributed by atoms with Gasteiger partial charge in [0, 0.05) is 22.7 Å². The van der Waals surface area contributed by atoms with E-state index < -0.39 is 6.04 Å². The molecule has 164 valence electrons. The van der Waals surface area contributed by atoms with Crippen LogP contribution in [0.1, 0.15) is 56.8 Å². The Hall–Kier alpha value is -2.86. The Kier molecular flexibility index (Phi) is 7.01. The smallest absolute Gasteiger partial charge is 0.251 e. The number of carbonyl (C=O) groups is 2. The number of fused-ring (bicyclic) bond motifs is 1. The van der Waals surface area contributed by atoms with Crippen LogP contribution < -0.4 is 5.32 Å². The van der Waals surface area contributed by atoms with E-state index in [9.17, 15) is 9.59 Å². The summed E-state index contributed by atoms with van der Waals surface area (Å²) in [5.41, 5.74) is 2.17. The predicted molar refractivity (Wildman–Crippen MR) is 124 cm³/mol. The van der Waals surface area contributed by atoms with Gasteiger partial charge in [0.2, 0.25) is 5.91 Å². The average molecular weight is 441 g/mol. The molecular formula is C24H29ClN4O2. The molecular weight excluding hydrogens is 412 g/mol. The Labute approximate surface area is 188 Å². The van der Waals surface area contributed by atoms with Crippen LogP contribution in [0.5, 0.6) is 0 Å². The molecule has 31 heavy (non-hydrogen) atoms. The van der Waals surface area contributed by atoms with Gasteiger partial charge in [-0.3, -0.25) is 9.59 Å². The summed E-state index contributed by atoms with van der Waals surface area (Å²) in [4.78, 5) is 32.5. The minimum Gasteiger partial charge on any atom is -0.342 e. The number of halogens is 1. The van der Waals surface area contributed by atoms with Gasteiger partial charge in [0.1, 0.15) is 12.4 Å². The fourth-order valence-electron chi connectivity index (χ4n) is 3.93. The van der Waals surface area contributed by atoms with Crippen molar-refractivity contribution in [2.75, 3.05) is 0 Å². The molecule has 6 nitrogen and oxygen atoms in total. The lowest BCUT2D eigenvalue weighted by atomic mass is 10.2. The summed E-state index contributed by atoms with van der Waals surface area (Å²) in [6, 6.07) is 14.2. The van der Waals surface area contributed by atoms with Crippen LogP contribution >= 0.6 is 11.6 Å². The second-order valence-corrected chi connectivity index (χ2v) is 8.67. The third kappa shape index (κ3) is 5.07. The van der Waals surface area contributed by atoms with E-state index >= 15 is 0 Å². The maximum Gasteiger partial charge on any atom is 0.251 e. The number of aromatic nitrogens is 2. The highest BCUT2D eigenvalue weighted by Crippen LogP contribution is 2.22. The lowest BCUT2D eigenvalue weighted by Gasteiger charge is -2.31. The lowest BCUT2D eigenvalue weighted by Crippen LogP contribution is -2.44. The van der Waals surface area contributed by atoms with Crippen LogP contribution in [0.25, 0.3) is 11.0 Å². The first-order valence-corrected chi connectivity index (χ1v) is 10.9. The maximum absolute atomic E-state index is 13.2. The van der Waals surface area contributed by atoms with Gasteiger partial charge >= 0.3 is 0 Å². The second kappa shape index (κ2) is 9.52. The number of rotatable bonds is 7. The number of carbonyl (C=O) groups excluding carboxylic acids is 2. The molecule has 1 unspecified atom stereocenters. The molecule has 2 amide bonds. The fraction of sp³-hybridized carbons (Fsp3) is 0.375. The minimum absolute atomic E-state index is 0.0191. The zero-order chi connectivity index (χ0) is 22.7. The highest BCUT2D eigenvalue weighted by atomic mass is 35.5. The zero-order valence-corrected chi connectivity index (χ0v) is 19.3. The Balaban J connectivity index is 1.92. The third-order valence-electron chi connectivity index (χ3n) is 5.22. The van der Waals surface area contributed by atoms with Gasteiger partial charge < -0.3 is 14.8 Å². The van der Waals surface area contributed by atoms with Crippen molar-refractivity contribution in [1.29, 1.82) is 0 Å².